The fourth-order valence-electron chi connectivity index (χ4n) is 2.93. The Kier molecular flexibility index (Phi) is 5.45. The van der Waals surface area contributed by atoms with Gasteiger partial charge in [-0.3, -0.25) is 4.98 Å². The Balaban J connectivity index is 1.80. The van der Waals surface area contributed by atoms with Gasteiger partial charge in [0.1, 0.15) is 0 Å². The molecule has 1 aliphatic rings. The molecule has 0 radical (unpaired) electrons. The van der Waals surface area contributed by atoms with Crippen molar-refractivity contribution in [1.82, 2.24) is 9.71 Å². The summed E-state index contributed by atoms with van der Waals surface area (Å²) in [5.74, 6) is 0. The Hall–Kier alpha value is -1.14. The van der Waals surface area contributed by atoms with Crippen LogP contribution in [0.2, 0.25) is 10.0 Å². The minimum atomic E-state index is -3.50. The molecule has 1 saturated carbocycles. The molecule has 1 aliphatic carbocycles. The molecule has 1 aromatic heterocycles. The number of nitrogens with one attached hydrogen (secondary N) is 1. The molecule has 4 nitrogen and oxygen atoms in total. The van der Waals surface area contributed by atoms with E-state index in [0.29, 0.717) is 15.7 Å². The number of halogens is 2. The Morgan fingerprint density at radius 2 is 1.71 bits per heavy atom. The summed E-state index contributed by atoms with van der Waals surface area (Å²) in [7, 11) is -3.50. The first-order valence-corrected chi connectivity index (χ1v) is 10.1. The molecule has 24 heavy (non-hydrogen) atoms. The first-order valence-electron chi connectivity index (χ1n) is 7.89. The van der Waals surface area contributed by atoms with E-state index >= 15 is 0 Å². The third-order valence-electron chi connectivity index (χ3n) is 4.17. The number of sulfonamides is 1. The van der Waals surface area contributed by atoms with Crippen molar-refractivity contribution in [3.05, 3.63) is 46.6 Å². The van der Waals surface area contributed by atoms with Crippen molar-refractivity contribution in [3.8, 4) is 11.3 Å². The fourth-order valence-corrected chi connectivity index (χ4v) is 4.72. The minimum absolute atomic E-state index is 0.0378. The zero-order valence-corrected chi connectivity index (χ0v) is 15.3. The normalized spacial score (nSPS) is 16.2. The lowest BCUT2D eigenvalue weighted by Gasteiger charge is -2.22. The summed E-state index contributed by atoms with van der Waals surface area (Å²) < 4.78 is 27.8. The number of hydrogen-bond acceptors (Lipinski definition) is 3. The summed E-state index contributed by atoms with van der Waals surface area (Å²) in [6.07, 6.45) is 6.66. The van der Waals surface area contributed by atoms with Gasteiger partial charge < -0.3 is 0 Å². The van der Waals surface area contributed by atoms with Crippen LogP contribution < -0.4 is 4.72 Å². The van der Waals surface area contributed by atoms with Crippen molar-refractivity contribution < 1.29 is 8.42 Å². The summed E-state index contributed by atoms with van der Waals surface area (Å²) in [5, 5.41) is 0.887. The molecule has 7 heteroatoms. The van der Waals surface area contributed by atoms with E-state index in [9.17, 15) is 8.42 Å². The molecule has 1 N–H and O–H groups in total. The summed E-state index contributed by atoms with van der Waals surface area (Å²) in [6.45, 7) is 0. The van der Waals surface area contributed by atoms with E-state index in [1.165, 1.54) is 12.6 Å². The maximum absolute atomic E-state index is 12.5. The number of benzene rings is 1. The summed E-state index contributed by atoms with van der Waals surface area (Å²) in [5.41, 5.74) is 1.32. The van der Waals surface area contributed by atoms with Crippen molar-refractivity contribution in [2.45, 2.75) is 43.0 Å². The van der Waals surface area contributed by atoms with Gasteiger partial charge in [-0.25, -0.2) is 13.1 Å². The lowest BCUT2D eigenvalue weighted by Crippen LogP contribution is -2.36. The van der Waals surface area contributed by atoms with Gasteiger partial charge in [-0.15, -0.1) is 0 Å². The molecule has 0 spiro atoms. The van der Waals surface area contributed by atoms with Gasteiger partial charge in [0.15, 0.2) is 0 Å². The number of aromatic nitrogens is 1. The van der Waals surface area contributed by atoms with Crippen LogP contribution in [0.3, 0.4) is 0 Å². The van der Waals surface area contributed by atoms with Crippen LogP contribution in [-0.2, 0) is 10.0 Å². The standard InChI is InChI=1S/C17H18Cl2N2O2S/c18-13-10-16(19)17(20-11-13)12-6-8-15(9-7-12)24(22,23)21-14-4-2-1-3-5-14/h6-11,14,21H,1-5H2. The van der Waals surface area contributed by atoms with E-state index in [1.54, 1.807) is 30.3 Å². The highest BCUT2D eigenvalue weighted by molar-refractivity contribution is 7.89. The van der Waals surface area contributed by atoms with Crippen molar-refractivity contribution >= 4 is 33.2 Å². The van der Waals surface area contributed by atoms with E-state index in [1.807, 2.05) is 0 Å². The highest BCUT2D eigenvalue weighted by Crippen LogP contribution is 2.28. The van der Waals surface area contributed by atoms with Crippen molar-refractivity contribution in [2.75, 3.05) is 0 Å². The first-order chi connectivity index (χ1) is 11.5. The lowest BCUT2D eigenvalue weighted by atomic mass is 9.96. The highest BCUT2D eigenvalue weighted by atomic mass is 35.5. The average molecular weight is 385 g/mol. The Morgan fingerprint density at radius 3 is 2.33 bits per heavy atom. The highest BCUT2D eigenvalue weighted by Gasteiger charge is 2.21. The van der Waals surface area contributed by atoms with Crippen molar-refractivity contribution in [3.63, 3.8) is 0 Å². The monoisotopic (exact) mass is 384 g/mol. The summed E-state index contributed by atoms with van der Waals surface area (Å²) in [6, 6.07) is 8.21. The van der Waals surface area contributed by atoms with Crippen LogP contribution in [0, 0.1) is 0 Å². The maximum Gasteiger partial charge on any atom is 0.240 e. The van der Waals surface area contributed by atoms with E-state index in [2.05, 4.69) is 9.71 Å². The minimum Gasteiger partial charge on any atom is -0.253 e. The molecule has 1 aromatic carbocycles. The zero-order valence-electron chi connectivity index (χ0n) is 13.0. The molecule has 2 aromatic rings. The molecule has 0 amide bonds. The first kappa shape index (κ1) is 17.7. The fraction of sp³-hybridized carbons (Fsp3) is 0.353. The molecule has 1 fully saturated rings. The SMILES string of the molecule is O=S(=O)(NC1CCCCC1)c1ccc(-c2ncc(Cl)cc2Cl)cc1. The topological polar surface area (TPSA) is 59.1 Å². The predicted octanol–water partition coefficient (Wildman–Crippen LogP) is 4.67. The molecule has 0 atom stereocenters. The van der Waals surface area contributed by atoms with Gasteiger partial charge in [-0.1, -0.05) is 54.6 Å². The molecule has 0 bridgehead atoms. The van der Waals surface area contributed by atoms with Crippen molar-refractivity contribution in [2.24, 2.45) is 0 Å². The van der Waals surface area contributed by atoms with Gasteiger partial charge in [0.2, 0.25) is 10.0 Å². The van der Waals surface area contributed by atoms with Gasteiger partial charge in [0, 0.05) is 17.8 Å². The number of nitrogens with zero attached hydrogens (tertiary/aromatic N) is 1. The second-order valence-electron chi connectivity index (χ2n) is 5.96. The van der Waals surface area contributed by atoms with Gasteiger partial charge >= 0.3 is 0 Å². The number of hydrogen-bond donors (Lipinski definition) is 1. The van der Waals surface area contributed by atoms with Gasteiger partial charge in [0.05, 0.1) is 20.6 Å². The van der Waals surface area contributed by atoms with E-state index in [0.717, 1.165) is 31.2 Å². The van der Waals surface area contributed by atoms with Crippen LogP contribution in [0.25, 0.3) is 11.3 Å². The third-order valence-corrected chi connectivity index (χ3v) is 6.20. The molecular formula is C17H18Cl2N2O2S. The molecule has 1 heterocycles. The van der Waals surface area contributed by atoms with Crippen molar-refractivity contribution in [1.29, 1.82) is 0 Å². The molecule has 0 saturated heterocycles. The van der Waals surface area contributed by atoms with Crippen LogP contribution in [0.4, 0.5) is 0 Å². The number of rotatable bonds is 4. The van der Waals surface area contributed by atoms with E-state index < -0.39 is 10.0 Å². The second kappa shape index (κ2) is 7.40. The van der Waals surface area contributed by atoms with Crippen LogP contribution in [0.1, 0.15) is 32.1 Å². The van der Waals surface area contributed by atoms with Crippen LogP contribution in [-0.4, -0.2) is 19.4 Å². The molecular weight excluding hydrogens is 367 g/mol. The Labute approximate surface area is 152 Å². The quantitative estimate of drug-likeness (QED) is 0.832. The van der Waals surface area contributed by atoms with Gasteiger partial charge in [-0.05, 0) is 31.0 Å². The Morgan fingerprint density at radius 1 is 1.04 bits per heavy atom. The van der Waals surface area contributed by atoms with Crippen LogP contribution in [0.5, 0.6) is 0 Å². The summed E-state index contributed by atoms with van der Waals surface area (Å²) >= 11 is 12.0. The van der Waals surface area contributed by atoms with Crippen LogP contribution >= 0.6 is 23.2 Å². The number of pyridine rings is 1. The Bertz CT molecular complexity index is 817. The molecule has 0 unspecified atom stereocenters. The van der Waals surface area contributed by atoms with E-state index in [-0.39, 0.29) is 10.9 Å². The zero-order chi connectivity index (χ0) is 17.2. The second-order valence-corrected chi connectivity index (χ2v) is 8.52. The summed E-state index contributed by atoms with van der Waals surface area (Å²) in [4.78, 5) is 4.46. The largest absolute Gasteiger partial charge is 0.253 e. The average Bonchev–Trinajstić information content (AvgIpc) is 2.55. The third kappa shape index (κ3) is 4.09. The lowest BCUT2D eigenvalue weighted by molar-refractivity contribution is 0.412. The smallest absolute Gasteiger partial charge is 0.240 e. The van der Waals surface area contributed by atoms with Crippen LogP contribution in [0.15, 0.2) is 41.4 Å². The maximum atomic E-state index is 12.5. The van der Waals surface area contributed by atoms with Gasteiger partial charge in [0.25, 0.3) is 0 Å². The molecule has 0 aliphatic heterocycles. The van der Waals surface area contributed by atoms with Gasteiger partial charge in [-0.2, -0.15) is 0 Å². The molecule has 128 valence electrons. The van der Waals surface area contributed by atoms with E-state index in [4.69, 9.17) is 23.2 Å². The molecule has 3 rings (SSSR count). The predicted molar refractivity (Wildman–Crippen MR) is 96.9 cm³/mol.